The maximum absolute atomic E-state index is 12.2. The van der Waals surface area contributed by atoms with Crippen LogP contribution in [0.15, 0.2) is 0 Å². The Hall–Kier alpha value is -0.100. The molecule has 0 aromatic heterocycles. The van der Waals surface area contributed by atoms with Crippen molar-refractivity contribution in [2.75, 3.05) is 6.61 Å². The Bertz CT molecular complexity index is 282. The topological polar surface area (TPSA) is 55.8 Å². The number of hydrogen-bond acceptors (Lipinski definition) is 3. The van der Waals surface area contributed by atoms with E-state index in [4.69, 9.17) is 0 Å². The summed E-state index contributed by atoms with van der Waals surface area (Å²) < 4.78 is 57.1. The van der Waals surface area contributed by atoms with Gasteiger partial charge in [0.1, 0.15) is 0 Å². The molecule has 102 valence electrons. The third kappa shape index (κ3) is 7.03. The van der Waals surface area contributed by atoms with E-state index in [1.165, 1.54) is 0 Å². The molecule has 0 aliphatic carbocycles. The molecule has 4 nitrogen and oxygen atoms in total. The molecular weight excluding hydrogens is 260 g/mol. The van der Waals surface area contributed by atoms with E-state index in [0.29, 0.717) is 12.8 Å². The summed E-state index contributed by atoms with van der Waals surface area (Å²) in [4.78, 5) is 9.21. The zero-order chi connectivity index (χ0) is 12.9. The number of alkyl halides is 3. The fourth-order valence-corrected chi connectivity index (χ4v) is 2.65. The van der Waals surface area contributed by atoms with E-state index in [-0.39, 0.29) is 13.0 Å². The number of hydrogen-bond donors (Lipinski definition) is 1. The van der Waals surface area contributed by atoms with Crippen LogP contribution in [0.5, 0.6) is 0 Å². The van der Waals surface area contributed by atoms with Crippen molar-refractivity contribution in [3.8, 4) is 0 Å². The Balaban J connectivity index is 2.60. The molecule has 0 spiro atoms. The Labute approximate surface area is 97.7 Å². The van der Waals surface area contributed by atoms with E-state index in [1.807, 2.05) is 0 Å². The van der Waals surface area contributed by atoms with Crippen molar-refractivity contribution < 1.29 is 31.7 Å². The van der Waals surface area contributed by atoms with Gasteiger partial charge in [0.15, 0.2) is 0 Å². The third-order valence-electron chi connectivity index (χ3n) is 2.42. The highest BCUT2D eigenvalue weighted by Crippen LogP contribution is 2.47. The normalized spacial score (nSPS) is 33.3. The summed E-state index contributed by atoms with van der Waals surface area (Å²) in [5.41, 5.74) is 0. The van der Waals surface area contributed by atoms with Crippen LogP contribution in [0.2, 0.25) is 0 Å². The van der Waals surface area contributed by atoms with Gasteiger partial charge in [-0.15, -0.1) is 0 Å². The monoisotopic (exact) mass is 276 g/mol. The van der Waals surface area contributed by atoms with Gasteiger partial charge in [-0.1, -0.05) is 19.3 Å². The molecule has 0 aromatic carbocycles. The van der Waals surface area contributed by atoms with E-state index in [9.17, 15) is 22.6 Å². The molecule has 0 bridgehead atoms. The molecule has 1 N–H and O–H groups in total. The molecular formula is C9H16F3O4P. The number of phosphoric ester groups is 1. The van der Waals surface area contributed by atoms with Gasteiger partial charge in [0.05, 0.1) is 19.1 Å². The second-order valence-corrected chi connectivity index (χ2v) is 5.46. The standard InChI is InChI=1S/C9H16F3O4P/c10-9(11,12)7-8-5-3-1-2-4-6-15-17(13,14)16-8/h8H,1-7H2,(H,13,14). The first-order valence-corrected chi connectivity index (χ1v) is 7.00. The quantitative estimate of drug-likeness (QED) is 0.746. The summed E-state index contributed by atoms with van der Waals surface area (Å²) in [6, 6.07) is 0. The summed E-state index contributed by atoms with van der Waals surface area (Å²) in [5, 5.41) is 0. The van der Waals surface area contributed by atoms with Crippen molar-refractivity contribution >= 4 is 7.82 Å². The average molecular weight is 276 g/mol. The Morgan fingerprint density at radius 2 is 1.88 bits per heavy atom. The van der Waals surface area contributed by atoms with Gasteiger partial charge in [0, 0.05) is 0 Å². The van der Waals surface area contributed by atoms with E-state index < -0.39 is 26.5 Å². The summed E-state index contributed by atoms with van der Waals surface area (Å²) >= 11 is 0. The van der Waals surface area contributed by atoms with E-state index in [0.717, 1.165) is 12.8 Å². The second-order valence-electron chi connectivity index (χ2n) is 4.05. The SMILES string of the molecule is O=P1(O)OCCCCCCC(CC(F)(F)F)O1. The van der Waals surface area contributed by atoms with Gasteiger partial charge in [0.25, 0.3) is 0 Å². The summed E-state index contributed by atoms with van der Waals surface area (Å²) in [6.07, 6.45) is -4.10. The maximum atomic E-state index is 12.2. The van der Waals surface area contributed by atoms with Crippen LogP contribution < -0.4 is 0 Å². The van der Waals surface area contributed by atoms with E-state index in [1.54, 1.807) is 0 Å². The number of halogens is 3. The lowest BCUT2D eigenvalue weighted by atomic mass is 10.1. The van der Waals surface area contributed by atoms with Crippen molar-refractivity contribution in [3.05, 3.63) is 0 Å². The highest BCUT2D eigenvalue weighted by Gasteiger charge is 2.36. The van der Waals surface area contributed by atoms with Crippen LogP contribution in [0, 0.1) is 0 Å². The lowest BCUT2D eigenvalue weighted by Gasteiger charge is -2.23. The molecule has 2 unspecified atom stereocenters. The minimum atomic E-state index is -4.41. The highest BCUT2D eigenvalue weighted by molar-refractivity contribution is 7.47. The van der Waals surface area contributed by atoms with Crippen molar-refractivity contribution in [2.45, 2.75) is 50.8 Å². The molecule has 0 aromatic rings. The minimum absolute atomic E-state index is 0.0342. The summed E-state index contributed by atoms with van der Waals surface area (Å²) in [5.74, 6) is 0. The molecule has 1 heterocycles. The van der Waals surface area contributed by atoms with E-state index in [2.05, 4.69) is 9.05 Å². The first-order valence-electron chi connectivity index (χ1n) is 5.51. The predicted molar refractivity (Wildman–Crippen MR) is 54.4 cm³/mol. The largest absolute Gasteiger partial charge is 0.472 e. The average Bonchev–Trinajstić information content (AvgIpc) is 2.12. The maximum Gasteiger partial charge on any atom is 0.472 e. The first kappa shape index (κ1) is 15.0. The summed E-state index contributed by atoms with van der Waals surface area (Å²) in [7, 11) is -4.35. The van der Waals surface area contributed by atoms with Crippen molar-refractivity contribution in [3.63, 3.8) is 0 Å². The lowest BCUT2D eigenvalue weighted by molar-refractivity contribution is -0.153. The molecule has 17 heavy (non-hydrogen) atoms. The molecule has 0 saturated carbocycles. The molecule has 8 heteroatoms. The zero-order valence-electron chi connectivity index (χ0n) is 9.28. The van der Waals surface area contributed by atoms with Crippen LogP contribution in [0.25, 0.3) is 0 Å². The molecule has 1 saturated heterocycles. The predicted octanol–water partition coefficient (Wildman–Crippen LogP) is 3.41. The molecule has 2 atom stereocenters. The van der Waals surface area contributed by atoms with Crippen LogP contribution in [0.1, 0.15) is 38.5 Å². The fourth-order valence-electron chi connectivity index (χ4n) is 1.68. The Morgan fingerprint density at radius 3 is 2.53 bits per heavy atom. The van der Waals surface area contributed by atoms with Gasteiger partial charge in [0.2, 0.25) is 0 Å². The van der Waals surface area contributed by atoms with Crippen LogP contribution in [-0.4, -0.2) is 23.8 Å². The molecule has 1 aliphatic rings. The van der Waals surface area contributed by atoms with Gasteiger partial charge in [-0.25, -0.2) is 4.57 Å². The van der Waals surface area contributed by atoms with Gasteiger partial charge in [-0.2, -0.15) is 13.2 Å². The number of phosphoric acid groups is 1. The molecule has 0 amide bonds. The van der Waals surface area contributed by atoms with E-state index >= 15 is 0 Å². The number of rotatable bonds is 1. The van der Waals surface area contributed by atoms with Crippen LogP contribution in [0.4, 0.5) is 13.2 Å². The smallest absolute Gasteiger partial charge is 0.302 e. The first-order chi connectivity index (χ1) is 7.79. The van der Waals surface area contributed by atoms with Crippen molar-refractivity contribution in [1.29, 1.82) is 0 Å². The van der Waals surface area contributed by atoms with Crippen molar-refractivity contribution in [2.24, 2.45) is 0 Å². The molecule has 1 aliphatic heterocycles. The fraction of sp³-hybridized carbons (Fsp3) is 1.00. The van der Waals surface area contributed by atoms with Crippen LogP contribution in [0.3, 0.4) is 0 Å². The van der Waals surface area contributed by atoms with Crippen LogP contribution >= 0.6 is 7.82 Å². The lowest BCUT2D eigenvalue weighted by Crippen LogP contribution is -2.22. The van der Waals surface area contributed by atoms with Crippen LogP contribution in [-0.2, 0) is 13.6 Å². The third-order valence-corrected chi connectivity index (χ3v) is 3.49. The Kier molecular flexibility index (Phi) is 5.44. The molecule has 0 radical (unpaired) electrons. The zero-order valence-corrected chi connectivity index (χ0v) is 10.2. The molecule has 1 fully saturated rings. The van der Waals surface area contributed by atoms with Gasteiger partial charge < -0.3 is 4.89 Å². The second kappa shape index (κ2) is 6.18. The van der Waals surface area contributed by atoms with Gasteiger partial charge in [-0.05, 0) is 12.8 Å². The van der Waals surface area contributed by atoms with Gasteiger partial charge >= 0.3 is 14.0 Å². The van der Waals surface area contributed by atoms with Gasteiger partial charge in [-0.3, -0.25) is 9.05 Å². The summed E-state index contributed by atoms with van der Waals surface area (Å²) in [6.45, 7) is 0.0342. The minimum Gasteiger partial charge on any atom is -0.302 e. The highest BCUT2D eigenvalue weighted by atomic mass is 31.2. The molecule has 1 rings (SSSR count). The van der Waals surface area contributed by atoms with Crippen molar-refractivity contribution in [1.82, 2.24) is 0 Å². The Morgan fingerprint density at radius 1 is 1.24 bits per heavy atom.